The molecule has 1 aliphatic rings. The third-order valence-corrected chi connectivity index (χ3v) is 3.93. The molecule has 0 radical (unpaired) electrons. The molecule has 1 aliphatic carbocycles. The summed E-state index contributed by atoms with van der Waals surface area (Å²) in [4.78, 5) is 4.05. The summed E-state index contributed by atoms with van der Waals surface area (Å²) in [5.74, 6) is 0. The number of anilines is 2. The molecule has 3 nitrogen and oxygen atoms in total. The van der Waals surface area contributed by atoms with E-state index in [4.69, 9.17) is 5.73 Å². The van der Waals surface area contributed by atoms with Crippen molar-refractivity contribution in [1.29, 1.82) is 0 Å². The molecule has 1 heterocycles. The molecule has 0 aliphatic heterocycles. The first-order chi connectivity index (χ1) is 8.74. The number of rotatable bonds is 2. The highest BCUT2D eigenvalue weighted by atomic mass is 79.9. The van der Waals surface area contributed by atoms with Crippen LogP contribution in [-0.4, -0.2) is 11.0 Å². The average molecular weight is 304 g/mol. The summed E-state index contributed by atoms with van der Waals surface area (Å²) in [5, 5.41) is 3.51. The molecule has 0 amide bonds. The fourth-order valence-corrected chi connectivity index (χ4v) is 2.93. The summed E-state index contributed by atoms with van der Waals surface area (Å²) in [6.45, 7) is 0. The fraction of sp³-hybridized carbons (Fsp3) is 0.214. The Morgan fingerprint density at radius 1 is 1.17 bits per heavy atom. The Morgan fingerprint density at radius 2 is 1.83 bits per heavy atom. The number of benzene rings is 1. The molecule has 0 fully saturated rings. The molecule has 0 saturated carbocycles. The summed E-state index contributed by atoms with van der Waals surface area (Å²) in [6, 6.07) is 8.99. The van der Waals surface area contributed by atoms with Crippen molar-refractivity contribution in [2.75, 3.05) is 11.1 Å². The van der Waals surface area contributed by atoms with Gasteiger partial charge in [0.2, 0.25) is 0 Å². The molecule has 0 saturated heterocycles. The number of hydrogen-bond donors (Lipinski definition) is 2. The molecule has 0 bridgehead atoms. The van der Waals surface area contributed by atoms with Gasteiger partial charge >= 0.3 is 0 Å². The van der Waals surface area contributed by atoms with E-state index in [-0.39, 0.29) is 0 Å². The van der Waals surface area contributed by atoms with E-state index in [1.807, 2.05) is 0 Å². The second-order valence-corrected chi connectivity index (χ2v) is 5.46. The molecular formula is C14H14BrN3. The van der Waals surface area contributed by atoms with E-state index in [1.54, 1.807) is 12.4 Å². The van der Waals surface area contributed by atoms with Gasteiger partial charge in [-0.2, -0.15) is 0 Å². The van der Waals surface area contributed by atoms with Crippen molar-refractivity contribution in [2.24, 2.45) is 0 Å². The first-order valence-electron chi connectivity index (χ1n) is 5.96. The molecule has 4 heteroatoms. The molecule has 2 aromatic rings. The Morgan fingerprint density at radius 3 is 2.44 bits per heavy atom. The van der Waals surface area contributed by atoms with Gasteiger partial charge in [-0.1, -0.05) is 24.3 Å². The van der Waals surface area contributed by atoms with E-state index in [9.17, 15) is 0 Å². The molecule has 0 unspecified atom stereocenters. The van der Waals surface area contributed by atoms with Crippen LogP contribution in [0.2, 0.25) is 0 Å². The number of nitrogens with one attached hydrogen (secondary N) is 1. The lowest BCUT2D eigenvalue weighted by Crippen LogP contribution is -2.20. The highest BCUT2D eigenvalue weighted by Gasteiger charge is 2.21. The number of nitrogens with zero attached hydrogens (tertiary/aromatic N) is 1. The predicted molar refractivity (Wildman–Crippen MR) is 77.6 cm³/mol. The largest absolute Gasteiger partial charge is 0.396 e. The van der Waals surface area contributed by atoms with Gasteiger partial charge in [-0.25, -0.2) is 0 Å². The van der Waals surface area contributed by atoms with E-state index in [2.05, 4.69) is 50.5 Å². The highest BCUT2D eigenvalue weighted by molar-refractivity contribution is 9.10. The number of aromatic nitrogens is 1. The van der Waals surface area contributed by atoms with Gasteiger partial charge in [-0.15, -0.1) is 0 Å². The van der Waals surface area contributed by atoms with Crippen molar-refractivity contribution in [3.8, 4) is 0 Å². The predicted octanol–water partition coefficient (Wildman–Crippen LogP) is 3.01. The van der Waals surface area contributed by atoms with Crippen molar-refractivity contribution in [3.63, 3.8) is 0 Å². The molecule has 18 heavy (non-hydrogen) atoms. The number of fused-ring (bicyclic) bond motifs is 1. The van der Waals surface area contributed by atoms with Crippen molar-refractivity contribution in [1.82, 2.24) is 4.98 Å². The minimum Gasteiger partial charge on any atom is -0.396 e. The van der Waals surface area contributed by atoms with Crippen LogP contribution in [0.3, 0.4) is 0 Å². The van der Waals surface area contributed by atoms with Gasteiger partial charge in [-0.3, -0.25) is 4.98 Å². The van der Waals surface area contributed by atoms with Crippen LogP contribution >= 0.6 is 15.9 Å². The average Bonchev–Trinajstić information content (AvgIpc) is 2.76. The van der Waals surface area contributed by atoms with Crippen molar-refractivity contribution >= 4 is 27.3 Å². The lowest BCUT2D eigenvalue weighted by molar-refractivity contribution is 0.774. The number of halogens is 1. The maximum absolute atomic E-state index is 5.95. The Kier molecular flexibility index (Phi) is 2.96. The monoisotopic (exact) mass is 303 g/mol. The van der Waals surface area contributed by atoms with Crippen LogP contribution in [0.25, 0.3) is 0 Å². The Bertz CT molecular complexity index is 538. The summed E-state index contributed by atoms with van der Waals surface area (Å²) < 4.78 is 0.915. The Hall–Kier alpha value is -1.55. The van der Waals surface area contributed by atoms with Gasteiger partial charge in [0, 0.05) is 12.2 Å². The third-order valence-electron chi connectivity index (χ3n) is 3.33. The molecule has 92 valence electrons. The summed E-state index contributed by atoms with van der Waals surface area (Å²) in [7, 11) is 0. The fourth-order valence-electron chi connectivity index (χ4n) is 2.47. The second kappa shape index (κ2) is 4.61. The zero-order chi connectivity index (χ0) is 12.5. The van der Waals surface area contributed by atoms with Crippen LogP contribution in [0.1, 0.15) is 11.1 Å². The Labute approximate surface area is 115 Å². The summed E-state index contributed by atoms with van der Waals surface area (Å²) in [6.07, 6.45) is 5.53. The molecule has 3 N–H and O–H groups in total. The van der Waals surface area contributed by atoms with Crippen LogP contribution in [-0.2, 0) is 12.8 Å². The van der Waals surface area contributed by atoms with Gasteiger partial charge in [-0.05, 0) is 39.9 Å². The van der Waals surface area contributed by atoms with E-state index < -0.39 is 0 Å². The van der Waals surface area contributed by atoms with Gasteiger partial charge in [0.05, 0.1) is 22.0 Å². The zero-order valence-electron chi connectivity index (χ0n) is 9.86. The van der Waals surface area contributed by atoms with Gasteiger partial charge in [0.25, 0.3) is 0 Å². The van der Waals surface area contributed by atoms with E-state index >= 15 is 0 Å². The first kappa shape index (κ1) is 11.5. The molecular weight excluding hydrogens is 290 g/mol. The number of nitrogen functional groups attached to an aromatic ring is 1. The molecule has 1 aromatic heterocycles. The second-order valence-electron chi connectivity index (χ2n) is 4.60. The lowest BCUT2D eigenvalue weighted by atomic mass is 10.1. The first-order valence-corrected chi connectivity index (χ1v) is 6.75. The van der Waals surface area contributed by atoms with Gasteiger partial charge in [0.1, 0.15) is 0 Å². The minimum atomic E-state index is 0.406. The number of nitrogens with two attached hydrogens (primary N) is 1. The van der Waals surface area contributed by atoms with E-state index in [0.29, 0.717) is 11.7 Å². The van der Waals surface area contributed by atoms with Crippen LogP contribution in [0.4, 0.5) is 11.4 Å². The summed E-state index contributed by atoms with van der Waals surface area (Å²) in [5.41, 5.74) is 10.4. The third kappa shape index (κ3) is 2.08. The number of hydrogen-bond acceptors (Lipinski definition) is 3. The van der Waals surface area contributed by atoms with Crippen LogP contribution in [0.15, 0.2) is 41.1 Å². The maximum atomic E-state index is 5.95. The summed E-state index contributed by atoms with van der Waals surface area (Å²) >= 11 is 3.48. The SMILES string of the molecule is Nc1cncc(Br)c1NC1Cc2ccccc2C1. The van der Waals surface area contributed by atoms with Crippen molar-refractivity contribution in [3.05, 3.63) is 52.3 Å². The van der Waals surface area contributed by atoms with Crippen LogP contribution in [0, 0.1) is 0 Å². The van der Waals surface area contributed by atoms with E-state index in [0.717, 1.165) is 23.0 Å². The van der Waals surface area contributed by atoms with Crippen LogP contribution < -0.4 is 11.1 Å². The topological polar surface area (TPSA) is 50.9 Å². The standard InChI is InChI=1S/C14H14BrN3/c15-12-7-17-8-13(16)14(12)18-11-5-9-3-1-2-4-10(9)6-11/h1-4,7-8,11H,5-6,16H2,(H,17,18). The maximum Gasteiger partial charge on any atom is 0.0752 e. The van der Waals surface area contributed by atoms with Gasteiger partial charge in [0.15, 0.2) is 0 Å². The zero-order valence-corrected chi connectivity index (χ0v) is 11.4. The Balaban J connectivity index is 1.80. The minimum absolute atomic E-state index is 0.406. The number of pyridine rings is 1. The van der Waals surface area contributed by atoms with Crippen molar-refractivity contribution < 1.29 is 0 Å². The molecule has 1 aromatic carbocycles. The molecule has 0 spiro atoms. The molecule has 3 rings (SSSR count). The van der Waals surface area contributed by atoms with Crippen molar-refractivity contribution in [2.45, 2.75) is 18.9 Å². The van der Waals surface area contributed by atoms with E-state index in [1.165, 1.54) is 11.1 Å². The quantitative estimate of drug-likeness (QED) is 0.897. The lowest BCUT2D eigenvalue weighted by Gasteiger charge is -2.16. The molecule has 0 atom stereocenters. The van der Waals surface area contributed by atoms with Crippen LogP contribution in [0.5, 0.6) is 0 Å². The highest BCUT2D eigenvalue weighted by Crippen LogP contribution is 2.31. The van der Waals surface area contributed by atoms with Gasteiger partial charge < -0.3 is 11.1 Å². The normalized spacial score (nSPS) is 14.5. The smallest absolute Gasteiger partial charge is 0.0752 e.